The number of methoxy groups -OCH3 is 1. The summed E-state index contributed by atoms with van der Waals surface area (Å²) in [5.74, 6) is -1.62. The summed E-state index contributed by atoms with van der Waals surface area (Å²) in [6.07, 6.45) is 0. The summed E-state index contributed by atoms with van der Waals surface area (Å²) in [7, 11) is 1.49. The molecule has 0 saturated carbocycles. The number of hydrogen-bond acceptors (Lipinski definition) is 5. The smallest absolute Gasteiger partial charge is 0.200 e. The fourth-order valence-corrected chi connectivity index (χ4v) is 1.67. The van der Waals surface area contributed by atoms with Crippen LogP contribution in [0.15, 0.2) is 36.4 Å². The molecule has 0 heterocycles. The van der Waals surface area contributed by atoms with E-state index in [-0.39, 0.29) is 5.56 Å². The number of phenols is 3. The number of hydrogen-bond donors (Lipinski definition) is 3. The topological polar surface area (TPSA) is 87.0 Å². The van der Waals surface area contributed by atoms with E-state index in [9.17, 15) is 20.1 Å². The van der Waals surface area contributed by atoms with Crippen LogP contribution in [0.25, 0.3) is 0 Å². The molecule has 0 spiro atoms. The van der Waals surface area contributed by atoms with E-state index in [1.165, 1.54) is 7.11 Å². The molecule has 98 valence electrons. The van der Waals surface area contributed by atoms with Crippen molar-refractivity contribution < 1.29 is 24.9 Å². The standard InChI is InChI=1S/C14H12O5/c1-19-10-4-2-3-8(5-10)13(17)9-6-11(15)14(18)12(16)7-9/h2-7,15-16,18H,1H3. The van der Waals surface area contributed by atoms with Gasteiger partial charge in [0.2, 0.25) is 0 Å². The number of ketones is 1. The van der Waals surface area contributed by atoms with Crippen LogP contribution >= 0.6 is 0 Å². The Bertz CT molecular complexity index is 610. The van der Waals surface area contributed by atoms with Crippen LogP contribution < -0.4 is 4.74 Å². The van der Waals surface area contributed by atoms with E-state index in [2.05, 4.69) is 0 Å². The molecule has 0 bridgehead atoms. The largest absolute Gasteiger partial charge is 0.504 e. The number of carbonyl (C=O) groups excluding carboxylic acids is 1. The Morgan fingerprint density at radius 3 is 2.21 bits per heavy atom. The van der Waals surface area contributed by atoms with Gasteiger partial charge in [-0.3, -0.25) is 4.79 Å². The third-order valence-corrected chi connectivity index (χ3v) is 2.66. The van der Waals surface area contributed by atoms with Gasteiger partial charge in [0.25, 0.3) is 0 Å². The number of ether oxygens (including phenoxy) is 1. The van der Waals surface area contributed by atoms with Crippen LogP contribution in [-0.2, 0) is 0 Å². The summed E-state index contributed by atoms with van der Waals surface area (Å²) in [4.78, 5) is 12.2. The number of aromatic hydroxyl groups is 3. The predicted octanol–water partition coefficient (Wildman–Crippen LogP) is 2.04. The Labute approximate surface area is 109 Å². The minimum absolute atomic E-state index is 0.0704. The van der Waals surface area contributed by atoms with Gasteiger partial charge in [0.05, 0.1) is 7.11 Å². The Kier molecular flexibility index (Phi) is 3.29. The van der Waals surface area contributed by atoms with E-state index in [1.54, 1.807) is 24.3 Å². The van der Waals surface area contributed by atoms with Gasteiger partial charge in [-0.05, 0) is 24.3 Å². The highest BCUT2D eigenvalue weighted by molar-refractivity contribution is 6.09. The average Bonchev–Trinajstić information content (AvgIpc) is 2.43. The van der Waals surface area contributed by atoms with Crippen molar-refractivity contribution in [2.45, 2.75) is 0 Å². The molecule has 0 aliphatic heterocycles. The third kappa shape index (κ3) is 2.44. The van der Waals surface area contributed by atoms with Crippen molar-refractivity contribution in [1.82, 2.24) is 0 Å². The van der Waals surface area contributed by atoms with Crippen LogP contribution in [0.1, 0.15) is 15.9 Å². The van der Waals surface area contributed by atoms with Gasteiger partial charge in [0, 0.05) is 11.1 Å². The van der Waals surface area contributed by atoms with Gasteiger partial charge in [0.15, 0.2) is 23.0 Å². The number of carbonyl (C=O) groups is 1. The van der Waals surface area contributed by atoms with E-state index in [1.807, 2.05) is 0 Å². The fourth-order valence-electron chi connectivity index (χ4n) is 1.67. The van der Waals surface area contributed by atoms with E-state index in [0.29, 0.717) is 11.3 Å². The zero-order chi connectivity index (χ0) is 14.0. The van der Waals surface area contributed by atoms with Crippen molar-refractivity contribution in [2.24, 2.45) is 0 Å². The monoisotopic (exact) mass is 260 g/mol. The molecular formula is C14H12O5. The van der Waals surface area contributed by atoms with Crippen LogP contribution in [0, 0.1) is 0 Å². The van der Waals surface area contributed by atoms with Crippen molar-refractivity contribution in [3.05, 3.63) is 47.5 Å². The fraction of sp³-hybridized carbons (Fsp3) is 0.0714. The molecule has 0 fully saturated rings. The summed E-state index contributed by atoms with van der Waals surface area (Å²) in [6, 6.07) is 8.68. The maximum absolute atomic E-state index is 12.2. The van der Waals surface area contributed by atoms with Gasteiger partial charge in [-0.25, -0.2) is 0 Å². The first-order chi connectivity index (χ1) is 9.02. The second kappa shape index (κ2) is 4.89. The molecule has 2 aromatic carbocycles. The third-order valence-electron chi connectivity index (χ3n) is 2.66. The van der Waals surface area contributed by atoms with Crippen molar-refractivity contribution in [3.63, 3.8) is 0 Å². The second-order valence-corrected chi connectivity index (χ2v) is 3.92. The molecule has 0 aliphatic rings. The number of benzene rings is 2. The lowest BCUT2D eigenvalue weighted by atomic mass is 10.0. The first-order valence-electron chi connectivity index (χ1n) is 5.46. The molecule has 3 N–H and O–H groups in total. The molecule has 19 heavy (non-hydrogen) atoms. The quantitative estimate of drug-likeness (QED) is 0.580. The van der Waals surface area contributed by atoms with E-state index in [4.69, 9.17) is 4.74 Å². The summed E-state index contributed by atoms with van der Waals surface area (Å²) in [6.45, 7) is 0. The van der Waals surface area contributed by atoms with Crippen LogP contribution in [-0.4, -0.2) is 28.2 Å². The Morgan fingerprint density at radius 1 is 1.00 bits per heavy atom. The molecule has 0 atom stereocenters. The maximum atomic E-state index is 12.2. The van der Waals surface area contributed by atoms with Crippen LogP contribution in [0.4, 0.5) is 0 Å². The molecule has 0 amide bonds. The molecule has 0 radical (unpaired) electrons. The van der Waals surface area contributed by atoms with Gasteiger partial charge in [0.1, 0.15) is 5.75 Å². The normalized spacial score (nSPS) is 10.2. The van der Waals surface area contributed by atoms with E-state index < -0.39 is 23.0 Å². The Morgan fingerprint density at radius 2 is 1.63 bits per heavy atom. The van der Waals surface area contributed by atoms with Crippen LogP contribution in [0.5, 0.6) is 23.0 Å². The molecule has 0 aromatic heterocycles. The van der Waals surface area contributed by atoms with E-state index >= 15 is 0 Å². The van der Waals surface area contributed by atoms with Crippen LogP contribution in [0.3, 0.4) is 0 Å². The number of rotatable bonds is 3. The summed E-state index contributed by atoms with van der Waals surface area (Å²) in [5, 5.41) is 28.0. The lowest BCUT2D eigenvalue weighted by Gasteiger charge is -2.06. The molecule has 0 saturated heterocycles. The molecule has 2 aromatic rings. The molecular weight excluding hydrogens is 248 g/mol. The molecule has 0 aliphatic carbocycles. The highest BCUT2D eigenvalue weighted by Crippen LogP contribution is 2.36. The van der Waals surface area contributed by atoms with Crippen LogP contribution in [0.2, 0.25) is 0 Å². The zero-order valence-electron chi connectivity index (χ0n) is 10.1. The van der Waals surface area contributed by atoms with Crippen molar-refractivity contribution in [1.29, 1.82) is 0 Å². The first kappa shape index (κ1) is 12.8. The van der Waals surface area contributed by atoms with Gasteiger partial charge in [-0.2, -0.15) is 0 Å². The molecule has 5 nitrogen and oxygen atoms in total. The first-order valence-corrected chi connectivity index (χ1v) is 5.46. The Hall–Kier alpha value is -2.69. The summed E-state index contributed by atoms with van der Waals surface area (Å²) in [5.41, 5.74) is 0.421. The second-order valence-electron chi connectivity index (χ2n) is 3.92. The zero-order valence-corrected chi connectivity index (χ0v) is 10.1. The average molecular weight is 260 g/mol. The predicted molar refractivity (Wildman–Crippen MR) is 67.9 cm³/mol. The van der Waals surface area contributed by atoms with Gasteiger partial charge in [-0.1, -0.05) is 12.1 Å². The molecule has 2 rings (SSSR count). The highest BCUT2D eigenvalue weighted by Gasteiger charge is 2.15. The Balaban J connectivity index is 2.44. The minimum atomic E-state index is -0.651. The van der Waals surface area contributed by atoms with Crippen molar-refractivity contribution in [3.8, 4) is 23.0 Å². The van der Waals surface area contributed by atoms with E-state index in [0.717, 1.165) is 12.1 Å². The van der Waals surface area contributed by atoms with Crippen molar-refractivity contribution in [2.75, 3.05) is 7.11 Å². The van der Waals surface area contributed by atoms with Gasteiger partial charge < -0.3 is 20.1 Å². The maximum Gasteiger partial charge on any atom is 0.200 e. The lowest BCUT2D eigenvalue weighted by Crippen LogP contribution is -2.01. The minimum Gasteiger partial charge on any atom is -0.504 e. The number of phenolic OH excluding ortho intramolecular Hbond substituents is 3. The summed E-state index contributed by atoms with van der Waals surface area (Å²) < 4.78 is 5.02. The van der Waals surface area contributed by atoms with Gasteiger partial charge >= 0.3 is 0 Å². The SMILES string of the molecule is COc1cccc(C(=O)c2cc(O)c(O)c(O)c2)c1. The summed E-state index contributed by atoms with van der Waals surface area (Å²) >= 11 is 0. The van der Waals surface area contributed by atoms with Gasteiger partial charge in [-0.15, -0.1) is 0 Å². The lowest BCUT2D eigenvalue weighted by molar-refractivity contribution is 0.103. The molecule has 0 unspecified atom stereocenters. The van der Waals surface area contributed by atoms with Crippen molar-refractivity contribution >= 4 is 5.78 Å². The molecule has 5 heteroatoms. The highest BCUT2D eigenvalue weighted by atomic mass is 16.5.